The number of anilines is 5. The fourth-order valence-corrected chi connectivity index (χ4v) is 14.4. The fraction of sp³-hybridized carbons (Fsp3) is 0.180. The number of para-hydroxylation sites is 4. The lowest BCUT2D eigenvalue weighted by Gasteiger charge is -2.22. The number of carbonyl (C=O) groups excluding carboxylic acids is 1. The number of fused-ring (bicyclic) bond motifs is 5. The van der Waals surface area contributed by atoms with Crippen molar-refractivity contribution in [2.45, 2.75) is 39.5 Å². The molecule has 0 unspecified atom stereocenters. The Morgan fingerprint density at radius 1 is 0.398 bits per heavy atom. The quantitative estimate of drug-likeness (QED) is 0.0523. The Labute approximate surface area is 693 Å². The highest BCUT2D eigenvalue weighted by Gasteiger charge is 2.21. The number of phenolic OH excluding ortho intramolecular Hbond substituents is 2. The molecular formula is C89H85Br3ClN15O4S. The van der Waals surface area contributed by atoms with Crippen molar-refractivity contribution < 1.29 is 19.7 Å². The molecule has 0 bridgehead atoms. The predicted octanol–water partition coefficient (Wildman–Crippen LogP) is 22.0. The minimum Gasteiger partial charge on any atom is -0.507 e. The van der Waals surface area contributed by atoms with E-state index in [2.05, 4.69) is 135 Å². The number of aromatic nitrogens is 10. The first-order chi connectivity index (χ1) is 54.3. The summed E-state index contributed by atoms with van der Waals surface area (Å²) in [6, 6.07) is 69.5. The van der Waals surface area contributed by atoms with Gasteiger partial charge in [0.15, 0.2) is 29.1 Å². The molecule has 15 rings (SSSR count). The van der Waals surface area contributed by atoms with Crippen molar-refractivity contribution in [2.24, 2.45) is 0 Å². The van der Waals surface area contributed by atoms with E-state index in [0.717, 1.165) is 150 Å². The van der Waals surface area contributed by atoms with E-state index in [1.54, 1.807) is 42.1 Å². The van der Waals surface area contributed by atoms with Crippen molar-refractivity contribution in [1.29, 1.82) is 0 Å². The number of hydrogen-bond donors (Lipinski definition) is 2. The summed E-state index contributed by atoms with van der Waals surface area (Å²) in [6.45, 7) is 15.5. The van der Waals surface area contributed by atoms with Gasteiger partial charge in [-0.2, -0.15) is 0 Å². The second-order valence-electron chi connectivity index (χ2n) is 26.6. The molecule has 574 valence electrons. The van der Waals surface area contributed by atoms with E-state index in [-0.39, 0.29) is 17.5 Å². The Balaban J connectivity index is 0.000000140. The van der Waals surface area contributed by atoms with E-state index in [1.165, 1.54) is 11.8 Å². The number of rotatable bonds is 16. The number of nitrogens with zero attached hydrogens (tertiary/aromatic N) is 15. The Kier molecular flexibility index (Phi) is 27.7. The molecule has 0 atom stereocenters. The van der Waals surface area contributed by atoms with Gasteiger partial charge in [0, 0.05) is 138 Å². The maximum absolute atomic E-state index is 11.3. The third-order valence-corrected chi connectivity index (χ3v) is 20.3. The predicted molar refractivity (Wildman–Crippen MR) is 480 cm³/mol. The van der Waals surface area contributed by atoms with Crippen LogP contribution in [0.15, 0.2) is 243 Å². The molecule has 0 aliphatic heterocycles. The Bertz CT molecular complexity index is 5970. The van der Waals surface area contributed by atoms with Gasteiger partial charge in [-0.1, -0.05) is 169 Å². The number of ether oxygens (including phenoxy) is 1. The molecule has 24 heteroatoms. The summed E-state index contributed by atoms with van der Waals surface area (Å²) in [5.41, 5.74) is 10.5. The summed E-state index contributed by atoms with van der Waals surface area (Å²) in [4.78, 5) is 69.6. The molecule has 113 heavy (non-hydrogen) atoms. The molecule has 2 N–H and O–H groups in total. The molecule has 5 heterocycles. The first kappa shape index (κ1) is 82.7. The highest BCUT2D eigenvalue weighted by molar-refractivity contribution is 9.11. The summed E-state index contributed by atoms with van der Waals surface area (Å²) in [7, 11) is 15.7. The van der Waals surface area contributed by atoms with E-state index < -0.39 is 0 Å². The number of phenols is 2. The average Bonchev–Trinajstić information content (AvgIpc) is 0.808. The molecule has 0 saturated carbocycles. The number of thioether (sulfide) groups is 1. The summed E-state index contributed by atoms with van der Waals surface area (Å²) in [5, 5.41) is 25.8. The van der Waals surface area contributed by atoms with Crippen molar-refractivity contribution in [3.05, 3.63) is 249 Å². The van der Waals surface area contributed by atoms with Gasteiger partial charge in [0.2, 0.25) is 0 Å². The summed E-state index contributed by atoms with van der Waals surface area (Å²) in [6.07, 6.45) is 0. The van der Waals surface area contributed by atoms with Crippen LogP contribution in [-0.2, 0) is 4.79 Å². The Morgan fingerprint density at radius 2 is 0.743 bits per heavy atom. The lowest BCUT2D eigenvalue weighted by Crippen LogP contribution is -2.23. The second-order valence-corrected chi connectivity index (χ2v) is 31.1. The maximum Gasteiger partial charge on any atom is 0.308 e. The molecule has 0 amide bonds. The zero-order valence-corrected chi connectivity index (χ0v) is 71.3. The molecule has 0 fully saturated rings. The van der Waals surface area contributed by atoms with Crippen LogP contribution < -0.4 is 29.2 Å². The van der Waals surface area contributed by atoms with Gasteiger partial charge >= 0.3 is 5.97 Å². The van der Waals surface area contributed by atoms with Gasteiger partial charge in [-0.3, -0.25) is 4.79 Å². The van der Waals surface area contributed by atoms with Gasteiger partial charge in [-0.05, 0) is 159 Å². The number of aromatic hydroxyl groups is 2. The van der Waals surface area contributed by atoms with Crippen molar-refractivity contribution in [3.8, 4) is 74.2 Å². The van der Waals surface area contributed by atoms with Crippen LogP contribution in [0.1, 0.15) is 40.2 Å². The minimum absolute atomic E-state index is 0.179. The number of benzene rings is 10. The van der Waals surface area contributed by atoms with Crippen LogP contribution in [0.4, 0.5) is 29.1 Å². The Morgan fingerprint density at radius 3 is 1.19 bits per heavy atom. The van der Waals surface area contributed by atoms with Crippen LogP contribution in [0.5, 0.6) is 17.2 Å². The molecule has 0 spiro atoms. The van der Waals surface area contributed by atoms with Crippen LogP contribution in [0.2, 0.25) is 5.02 Å². The molecule has 10 aromatic carbocycles. The van der Waals surface area contributed by atoms with Crippen molar-refractivity contribution in [3.63, 3.8) is 0 Å². The lowest BCUT2D eigenvalue weighted by molar-refractivity contribution is -0.131. The molecule has 0 radical (unpaired) electrons. The zero-order chi connectivity index (χ0) is 80.7. The SMILES string of the molecule is C=C(C)c1ccccc1-c1nc(N(C)C)c2ccccc2n1.CC(=O)Oc1ccccc1-c1nc(N(C)C)c2cc(Br)ccc2n1.CCN(CC)c1nc(-c2ccccc2O)nc2ccc(Br)cc12.CCSc1ccccc1-c1nc(N(C)C)c2cc(Cl)ccc2n1.CN(C)c1nc(-c2ccccc2O)nc2ccc(Br)cc12. The monoisotopic (exact) mass is 1730 g/mol. The average molecular weight is 1740 g/mol. The molecule has 0 aliphatic rings. The van der Waals surface area contributed by atoms with E-state index in [4.69, 9.17) is 41.3 Å². The molecule has 19 nitrogen and oxygen atoms in total. The van der Waals surface area contributed by atoms with Crippen molar-refractivity contribution in [1.82, 2.24) is 49.8 Å². The fourth-order valence-electron chi connectivity index (χ4n) is 12.3. The highest BCUT2D eigenvalue weighted by atomic mass is 79.9. The van der Waals surface area contributed by atoms with Gasteiger partial charge in [0.05, 0.1) is 44.3 Å². The molecule has 0 saturated heterocycles. The minimum atomic E-state index is -0.375. The van der Waals surface area contributed by atoms with Crippen LogP contribution in [0.3, 0.4) is 0 Å². The van der Waals surface area contributed by atoms with Crippen molar-refractivity contribution in [2.75, 3.05) is 99.7 Å². The number of carbonyl (C=O) groups is 1. The third kappa shape index (κ3) is 20.0. The third-order valence-electron chi connectivity index (χ3n) is 17.6. The normalized spacial score (nSPS) is 10.8. The number of hydrogen-bond acceptors (Lipinski definition) is 20. The molecule has 0 aliphatic carbocycles. The highest BCUT2D eigenvalue weighted by Crippen LogP contribution is 2.39. The summed E-state index contributed by atoms with van der Waals surface area (Å²) >= 11 is 18.4. The van der Waals surface area contributed by atoms with Gasteiger partial charge in [0.1, 0.15) is 46.3 Å². The molecule has 5 aromatic heterocycles. The van der Waals surface area contributed by atoms with Crippen LogP contribution in [0.25, 0.3) is 117 Å². The van der Waals surface area contributed by atoms with E-state index in [1.807, 2.05) is 241 Å². The van der Waals surface area contributed by atoms with E-state index >= 15 is 0 Å². The number of allylic oxidation sites excluding steroid dienone is 1. The second kappa shape index (κ2) is 37.9. The largest absolute Gasteiger partial charge is 0.507 e. The van der Waals surface area contributed by atoms with Crippen LogP contribution in [0, 0.1) is 0 Å². The summed E-state index contributed by atoms with van der Waals surface area (Å²) in [5.74, 6) is 8.84. The molecular weight excluding hydrogens is 1650 g/mol. The van der Waals surface area contributed by atoms with Crippen molar-refractivity contribution >= 4 is 166 Å². The Hall–Kier alpha value is -11.2. The smallest absolute Gasteiger partial charge is 0.308 e. The number of halogens is 4. The standard InChI is InChI=1S/C19H19N3.C18H16BrN3O2.C18H18BrN3O.C18H18ClN3S.C16H14BrN3O/c1-13(2)14-9-5-6-10-15(14)18-20-17-12-8-7-11-16(17)19(21-18)22(3)4;1-11(23)24-16-7-5-4-6-13(16)17-20-15-9-8-12(19)10-14(15)18(21-17)22(2)3;1-3-22(4-2)18-14-11-12(19)9-10-15(14)20-17(21-18)13-7-5-6-8-16(13)23;1-4-23-16-8-6-5-7-13(16)17-20-15-10-9-12(19)11-14(15)18(21-17)22(2)3;1-20(2)16-12-9-10(17)7-8-13(12)18-15(19-16)11-5-3-4-6-14(11)21/h5-12H,1H2,2-4H3;4-10H,1-3H3;5-11,23H,3-4H2,1-2H3;5-11H,4H2,1-3H3;3-9,21H,1-2H3. The lowest BCUT2D eigenvalue weighted by atomic mass is 10.0. The van der Waals surface area contributed by atoms with Crippen LogP contribution in [-0.4, -0.2) is 141 Å². The first-order valence-electron chi connectivity index (χ1n) is 36.2. The maximum atomic E-state index is 11.3. The first-order valence-corrected chi connectivity index (χ1v) is 40.0. The van der Waals surface area contributed by atoms with Gasteiger partial charge in [-0.25, -0.2) is 49.8 Å². The molecule has 15 aromatic rings. The number of esters is 1. The van der Waals surface area contributed by atoms with Gasteiger partial charge < -0.3 is 39.4 Å². The van der Waals surface area contributed by atoms with Gasteiger partial charge in [-0.15, -0.1) is 11.8 Å². The zero-order valence-electron chi connectivity index (χ0n) is 65.0. The van der Waals surface area contributed by atoms with Gasteiger partial charge in [0.25, 0.3) is 0 Å². The van der Waals surface area contributed by atoms with E-state index in [9.17, 15) is 15.0 Å². The van der Waals surface area contributed by atoms with Crippen LogP contribution >= 0.6 is 71.2 Å². The topological polar surface area (TPSA) is 212 Å². The summed E-state index contributed by atoms with van der Waals surface area (Å²) < 4.78 is 8.24. The van der Waals surface area contributed by atoms with E-state index in [0.29, 0.717) is 44.9 Å².